The zero-order chi connectivity index (χ0) is 21.1. The first kappa shape index (κ1) is 22.6. The first-order chi connectivity index (χ1) is 14.0. The Morgan fingerprint density at radius 2 is 1.69 bits per heavy atom. The largest absolute Gasteiger partial charge is 0.352 e. The van der Waals surface area contributed by atoms with Crippen LogP contribution in [-0.4, -0.2) is 23.6 Å². The topological polar surface area (TPSA) is 78.4 Å². The van der Waals surface area contributed by atoms with Gasteiger partial charge in [0, 0.05) is 24.3 Å². The number of carbonyl (C=O) groups is 2. The lowest BCUT2D eigenvalue weighted by Crippen LogP contribution is -2.25. The van der Waals surface area contributed by atoms with E-state index in [0.29, 0.717) is 36.3 Å². The summed E-state index contributed by atoms with van der Waals surface area (Å²) in [7, 11) is 0. The molecule has 0 aliphatic carbocycles. The average molecular weight is 417 g/mol. The molecule has 2 aromatic rings. The molecule has 0 saturated carbocycles. The Bertz CT molecular complexity index is 836. The summed E-state index contributed by atoms with van der Waals surface area (Å²) >= 11 is 4.24. The van der Waals surface area contributed by atoms with Crippen LogP contribution in [-0.2, 0) is 15.3 Å². The number of benzene rings is 2. The summed E-state index contributed by atoms with van der Waals surface area (Å²) in [5, 5.41) is 11.3. The van der Waals surface area contributed by atoms with Crippen molar-refractivity contribution in [2.75, 3.05) is 6.54 Å². The van der Waals surface area contributed by atoms with E-state index in [4.69, 9.17) is 5.21 Å². The molecule has 3 N–H and O–H groups in total. The molecule has 0 unspecified atom stereocenters. The Labute approximate surface area is 175 Å². The minimum atomic E-state index is -0.417. The summed E-state index contributed by atoms with van der Waals surface area (Å²) in [6.45, 7) is 0.455. The first-order valence-electron chi connectivity index (χ1n) is 9.42. The zero-order valence-corrected chi connectivity index (χ0v) is 16.9. The number of rotatable bonds is 10. The highest BCUT2D eigenvalue weighted by molar-refractivity contribution is 7.79. The van der Waals surface area contributed by atoms with Gasteiger partial charge < -0.3 is 5.32 Å². The molecule has 0 atom stereocenters. The maximum absolute atomic E-state index is 13.3. The molecule has 0 bridgehead atoms. The van der Waals surface area contributed by atoms with Crippen molar-refractivity contribution in [2.24, 2.45) is 0 Å². The third kappa shape index (κ3) is 7.71. The Hall–Kier alpha value is -2.64. The highest BCUT2D eigenvalue weighted by Crippen LogP contribution is 2.20. The standard InChI is InChI=1S/C22H25FN2O3S/c23-19-11-9-18(10-12-19)20(14-16-5-7-17(15-29)8-6-16)22(27)24-13-3-1-2-4-21(26)25-28/h5-12,14,28-29H,1-4,13,15H2,(H,24,27)(H,25,26). The van der Waals surface area contributed by atoms with Crippen molar-refractivity contribution in [2.45, 2.75) is 31.4 Å². The van der Waals surface area contributed by atoms with Crippen molar-refractivity contribution in [1.29, 1.82) is 0 Å². The Morgan fingerprint density at radius 1 is 1.00 bits per heavy atom. The van der Waals surface area contributed by atoms with Crippen LogP contribution in [0.2, 0.25) is 0 Å². The van der Waals surface area contributed by atoms with Gasteiger partial charge in [-0.3, -0.25) is 14.8 Å². The minimum absolute atomic E-state index is 0.244. The van der Waals surface area contributed by atoms with E-state index in [2.05, 4.69) is 17.9 Å². The summed E-state index contributed by atoms with van der Waals surface area (Å²) in [5.41, 5.74) is 4.61. The lowest BCUT2D eigenvalue weighted by molar-refractivity contribution is -0.129. The normalized spacial score (nSPS) is 11.2. The number of unbranched alkanes of at least 4 members (excludes halogenated alkanes) is 2. The predicted octanol–water partition coefficient (Wildman–Crippen LogP) is 3.98. The molecule has 0 heterocycles. The van der Waals surface area contributed by atoms with Gasteiger partial charge in [0.05, 0.1) is 0 Å². The van der Waals surface area contributed by atoms with E-state index in [9.17, 15) is 14.0 Å². The molecule has 0 aliphatic rings. The second kappa shape index (κ2) is 12.0. The number of amides is 2. The number of hydroxylamine groups is 1. The van der Waals surface area contributed by atoms with Crippen LogP contribution in [0.25, 0.3) is 11.6 Å². The van der Waals surface area contributed by atoms with Gasteiger partial charge in [-0.05, 0) is 47.7 Å². The lowest BCUT2D eigenvalue weighted by Gasteiger charge is -2.10. The van der Waals surface area contributed by atoms with E-state index in [0.717, 1.165) is 17.5 Å². The second-order valence-corrected chi connectivity index (χ2v) is 6.88. The highest BCUT2D eigenvalue weighted by Gasteiger charge is 2.12. The zero-order valence-electron chi connectivity index (χ0n) is 16.0. The van der Waals surface area contributed by atoms with E-state index in [-0.39, 0.29) is 18.1 Å². The number of hydrogen-bond donors (Lipinski definition) is 4. The predicted molar refractivity (Wildman–Crippen MR) is 115 cm³/mol. The minimum Gasteiger partial charge on any atom is -0.352 e. The molecule has 29 heavy (non-hydrogen) atoms. The van der Waals surface area contributed by atoms with Crippen molar-refractivity contribution in [3.63, 3.8) is 0 Å². The van der Waals surface area contributed by atoms with Crippen molar-refractivity contribution < 1.29 is 19.2 Å². The van der Waals surface area contributed by atoms with E-state index in [1.165, 1.54) is 12.1 Å². The Morgan fingerprint density at radius 3 is 2.31 bits per heavy atom. The van der Waals surface area contributed by atoms with Crippen LogP contribution in [0.1, 0.15) is 42.4 Å². The molecule has 2 rings (SSSR count). The van der Waals surface area contributed by atoms with Crippen LogP contribution in [0.3, 0.4) is 0 Å². The van der Waals surface area contributed by atoms with Crippen LogP contribution in [0.4, 0.5) is 4.39 Å². The molecular formula is C22H25FN2O3S. The van der Waals surface area contributed by atoms with Crippen molar-refractivity contribution in [1.82, 2.24) is 10.8 Å². The summed E-state index contributed by atoms with van der Waals surface area (Å²) in [6.07, 6.45) is 4.09. The fourth-order valence-corrected chi connectivity index (χ4v) is 2.95. The van der Waals surface area contributed by atoms with Gasteiger partial charge >= 0.3 is 0 Å². The summed E-state index contributed by atoms with van der Waals surface area (Å²) in [5.74, 6) is -0.393. The molecule has 0 aromatic heterocycles. The SMILES string of the molecule is O=C(CCCCCNC(=O)C(=Cc1ccc(CS)cc1)c1ccc(F)cc1)NO. The fraction of sp³-hybridized carbons (Fsp3) is 0.273. The molecule has 0 radical (unpaired) electrons. The van der Waals surface area contributed by atoms with E-state index in [1.807, 2.05) is 24.3 Å². The third-order valence-corrected chi connectivity index (χ3v) is 4.73. The maximum atomic E-state index is 13.3. The molecule has 154 valence electrons. The quantitative estimate of drug-likeness (QED) is 0.118. The summed E-state index contributed by atoms with van der Waals surface area (Å²) in [6, 6.07) is 13.5. The van der Waals surface area contributed by atoms with E-state index < -0.39 is 5.91 Å². The van der Waals surface area contributed by atoms with Gasteiger partial charge in [0.25, 0.3) is 5.91 Å². The molecule has 0 spiro atoms. The molecule has 0 saturated heterocycles. The highest BCUT2D eigenvalue weighted by atomic mass is 32.1. The molecule has 5 nitrogen and oxygen atoms in total. The van der Waals surface area contributed by atoms with Crippen molar-refractivity contribution in [3.05, 3.63) is 71.0 Å². The van der Waals surface area contributed by atoms with Crippen LogP contribution in [0.15, 0.2) is 48.5 Å². The number of thiol groups is 1. The summed E-state index contributed by atoms with van der Waals surface area (Å²) < 4.78 is 13.3. The van der Waals surface area contributed by atoms with Crippen molar-refractivity contribution in [3.8, 4) is 0 Å². The number of carbonyl (C=O) groups excluding carboxylic acids is 2. The number of hydrogen-bond acceptors (Lipinski definition) is 4. The fourth-order valence-electron chi connectivity index (χ4n) is 2.74. The third-order valence-electron chi connectivity index (χ3n) is 4.36. The molecule has 2 amide bonds. The second-order valence-electron chi connectivity index (χ2n) is 6.57. The molecular weight excluding hydrogens is 391 g/mol. The van der Waals surface area contributed by atoms with Crippen LogP contribution < -0.4 is 10.8 Å². The van der Waals surface area contributed by atoms with Gasteiger partial charge in [0.2, 0.25) is 5.91 Å². The van der Waals surface area contributed by atoms with Crippen LogP contribution in [0.5, 0.6) is 0 Å². The smallest absolute Gasteiger partial charge is 0.251 e. The van der Waals surface area contributed by atoms with Crippen molar-refractivity contribution >= 4 is 36.1 Å². The Kier molecular flexibility index (Phi) is 9.40. The van der Waals surface area contributed by atoms with Gasteiger partial charge in [0.15, 0.2) is 0 Å². The van der Waals surface area contributed by atoms with Crippen LogP contribution in [0, 0.1) is 5.82 Å². The van der Waals surface area contributed by atoms with Gasteiger partial charge in [-0.1, -0.05) is 42.8 Å². The van der Waals surface area contributed by atoms with Crippen LogP contribution >= 0.6 is 12.6 Å². The Balaban J connectivity index is 2.04. The van der Waals surface area contributed by atoms with Gasteiger partial charge in [-0.2, -0.15) is 12.6 Å². The first-order valence-corrected chi connectivity index (χ1v) is 10.1. The van der Waals surface area contributed by atoms with Gasteiger partial charge in [-0.25, -0.2) is 9.87 Å². The van der Waals surface area contributed by atoms with E-state index in [1.54, 1.807) is 23.7 Å². The monoisotopic (exact) mass is 416 g/mol. The average Bonchev–Trinajstić information content (AvgIpc) is 2.75. The molecule has 2 aromatic carbocycles. The molecule has 0 aliphatic heterocycles. The number of halogens is 1. The van der Waals surface area contributed by atoms with Gasteiger partial charge in [-0.15, -0.1) is 0 Å². The van der Waals surface area contributed by atoms with Gasteiger partial charge in [0.1, 0.15) is 5.82 Å². The summed E-state index contributed by atoms with van der Waals surface area (Å²) in [4.78, 5) is 23.7. The maximum Gasteiger partial charge on any atom is 0.251 e. The molecule has 7 heteroatoms. The lowest BCUT2D eigenvalue weighted by atomic mass is 10.0. The number of nitrogens with one attached hydrogen (secondary N) is 2. The molecule has 0 fully saturated rings. The van der Waals surface area contributed by atoms with E-state index >= 15 is 0 Å².